The molecule has 4 nitrogen and oxygen atoms in total. The molecule has 0 amide bonds. The van der Waals surface area contributed by atoms with Crippen LogP contribution in [0, 0.1) is 0 Å². The monoisotopic (exact) mass is 385 g/mol. The Morgan fingerprint density at radius 1 is 0.875 bits per heavy atom. The zero-order chi connectivity index (χ0) is 16.0. The van der Waals surface area contributed by atoms with Crippen LogP contribution in [0.2, 0.25) is 0 Å². The highest BCUT2D eigenvalue weighted by atomic mass is 79.9. The van der Waals surface area contributed by atoms with Crippen LogP contribution in [-0.4, -0.2) is 19.3 Å². The molecule has 0 radical (unpaired) electrons. The van der Waals surface area contributed by atoms with Gasteiger partial charge in [0.25, 0.3) is 0 Å². The quantitative estimate of drug-likeness (QED) is 0.309. The van der Waals surface area contributed by atoms with Crippen LogP contribution in [0.3, 0.4) is 0 Å². The van der Waals surface area contributed by atoms with Crippen molar-refractivity contribution in [1.29, 1.82) is 0 Å². The lowest BCUT2D eigenvalue weighted by Gasteiger charge is -2.07. The van der Waals surface area contributed by atoms with E-state index < -0.39 is 0 Å². The van der Waals surface area contributed by atoms with E-state index in [4.69, 9.17) is 9.47 Å². The molecule has 1 N–H and O–H groups in total. The second-order valence-electron chi connectivity index (χ2n) is 5.45. The minimum absolute atomic E-state index is 0. The van der Waals surface area contributed by atoms with Crippen molar-refractivity contribution in [3.8, 4) is 17.2 Å². The molecule has 0 fully saturated rings. The number of hydrogen-bond donors (Lipinski definition) is 1. The summed E-state index contributed by atoms with van der Waals surface area (Å²) in [5.74, 6) is 1.45. The van der Waals surface area contributed by atoms with Crippen LogP contribution in [0.4, 0.5) is 0 Å². The van der Waals surface area contributed by atoms with Crippen molar-refractivity contribution in [1.82, 2.24) is 0 Å². The number of pyridine rings is 2. The fourth-order valence-electron chi connectivity index (χ4n) is 2.99. The van der Waals surface area contributed by atoms with Gasteiger partial charge in [0, 0.05) is 12.1 Å². The fourth-order valence-corrected chi connectivity index (χ4v) is 2.99. The van der Waals surface area contributed by atoms with E-state index in [1.165, 1.54) is 0 Å². The molecule has 0 aliphatic carbocycles. The largest absolute Gasteiger partial charge is 1.00 e. The van der Waals surface area contributed by atoms with E-state index in [1.807, 2.05) is 47.1 Å². The third kappa shape index (κ3) is 2.41. The van der Waals surface area contributed by atoms with Gasteiger partial charge < -0.3 is 31.6 Å². The molecule has 2 heterocycles. The van der Waals surface area contributed by atoms with E-state index in [0.717, 1.165) is 32.8 Å². The number of phenolic OH excluding ortho intramolecular Hbond substituents is 1. The van der Waals surface area contributed by atoms with Crippen LogP contribution in [0.1, 0.15) is 0 Å². The zero-order valence-electron chi connectivity index (χ0n) is 13.3. The van der Waals surface area contributed by atoms with Crippen molar-refractivity contribution in [2.75, 3.05) is 14.2 Å². The van der Waals surface area contributed by atoms with Gasteiger partial charge in [-0.05, 0) is 35.0 Å². The average molecular weight is 386 g/mol. The lowest BCUT2D eigenvalue weighted by atomic mass is 10.1. The summed E-state index contributed by atoms with van der Waals surface area (Å²) >= 11 is 0. The first-order chi connectivity index (χ1) is 11.2. The number of halogens is 1. The Morgan fingerprint density at radius 2 is 1.67 bits per heavy atom. The van der Waals surface area contributed by atoms with Crippen LogP contribution in [0.25, 0.3) is 27.1 Å². The molecule has 0 saturated carbocycles. The zero-order valence-corrected chi connectivity index (χ0v) is 14.9. The number of hydrogen-bond acceptors (Lipinski definition) is 3. The summed E-state index contributed by atoms with van der Waals surface area (Å²) in [7, 11) is 3.22. The lowest BCUT2D eigenvalue weighted by Crippen LogP contribution is -3.00. The Balaban J connectivity index is 0.00000169. The van der Waals surface area contributed by atoms with Crippen molar-refractivity contribution in [3.63, 3.8) is 0 Å². The van der Waals surface area contributed by atoms with Crippen LogP contribution >= 0.6 is 0 Å². The first-order valence-electron chi connectivity index (χ1n) is 7.33. The molecule has 24 heavy (non-hydrogen) atoms. The van der Waals surface area contributed by atoms with Crippen molar-refractivity contribution < 1.29 is 36.0 Å². The smallest absolute Gasteiger partial charge is 0.219 e. The number of methoxy groups -OCH3 is 2. The van der Waals surface area contributed by atoms with Crippen LogP contribution in [0.15, 0.2) is 54.9 Å². The van der Waals surface area contributed by atoms with Gasteiger partial charge in [-0.1, -0.05) is 6.07 Å². The molecule has 5 heteroatoms. The predicted molar refractivity (Wildman–Crippen MR) is 89.4 cm³/mol. The Hall–Kier alpha value is -2.53. The summed E-state index contributed by atoms with van der Waals surface area (Å²) in [5.41, 5.74) is 1.05. The maximum atomic E-state index is 10.3. The number of benzene rings is 2. The highest BCUT2D eigenvalue weighted by Crippen LogP contribution is 2.34. The van der Waals surface area contributed by atoms with Crippen LogP contribution in [0.5, 0.6) is 17.2 Å². The predicted octanol–water partition coefficient (Wildman–Crippen LogP) is 0.458. The highest BCUT2D eigenvalue weighted by Gasteiger charge is 2.15. The number of ether oxygens (including phenoxy) is 2. The molecular weight excluding hydrogens is 370 g/mol. The number of fused-ring (bicyclic) bond motifs is 4. The molecule has 0 unspecified atom stereocenters. The second-order valence-corrected chi connectivity index (χ2v) is 5.45. The maximum Gasteiger partial charge on any atom is 0.219 e. The number of aromatic hydroxyl groups is 1. The van der Waals surface area contributed by atoms with Crippen molar-refractivity contribution in [2.24, 2.45) is 0 Å². The first-order valence-corrected chi connectivity index (χ1v) is 7.33. The van der Waals surface area contributed by atoms with Gasteiger partial charge >= 0.3 is 0 Å². The molecule has 0 saturated heterocycles. The van der Waals surface area contributed by atoms with Gasteiger partial charge in [0.15, 0.2) is 23.9 Å². The molecule has 0 spiro atoms. The molecule has 2 aromatic carbocycles. The third-order valence-electron chi connectivity index (χ3n) is 4.22. The van der Waals surface area contributed by atoms with E-state index in [0.29, 0.717) is 5.75 Å². The summed E-state index contributed by atoms with van der Waals surface area (Å²) in [6.07, 6.45) is 3.91. The third-order valence-corrected chi connectivity index (χ3v) is 4.22. The number of phenols is 1. The highest BCUT2D eigenvalue weighted by molar-refractivity contribution is 5.99. The molecule has 122 valence electrons. The van der Waals surface area contributed by atoms with Gasteiger partial charge in [-0.25, -0.2) is 0 Å². The lowest BCUT2D eigenvalue weighted by molar-refractivity contribution is -0.509. The normalized spacial score (nSPS) is 10.8. The summed E-state index contributed by atoms with van der Waals surface area (Å²) in [5, 5.41) is 14.3. The van der Waals surface area contributed by atoms with E-state index >= 15 is 0 Å². The standard InChI is InChI=1S/C19H15NO3.BrH/c1-22-14-5-3-12-7-8-20-11-16-13(9-17(20)15(12)10-14)4-6-18(23-2)19(16)21;/h3-11H,1-2H3;1H. The molecule has 0 aliphatic heterocycles. The number of rotatable bonds is 2. The second kappa shape index (κ2) is 6.17. The van der Waals surface area contributed by atoms with Crippen LogP contribution < -0.4 is 30.9 Å². The topological polar surface area (TPSA) is 42.8 Å². The van der Waals surface area contributed by atoms with Crippen molar-refractivity contribution in [2.45, 2.75) is 0 Å². The SMILES string of the molecule is COc1ccc2cc[n+]3cc4c(O)c(OC)ccc4cc3c2c1.[Br-]. The maximum absolute atomic E-state index is 10.3. The summed E-state index contributed by atoms with van der Waals surface area (Å²) in [6.45, 7) is 0. The Kier molecular flexibility index (Phi) is 4.20. The van der Waals surface area contributed by atoms with E-state index in [9.17, 15) is 5.11 Å². The minimum Gasteiger partial charge on any atom is -1.00 e. The Bertz CT molecular complexity index is 1060. The van der Waals surface area contributed by atoms with Crippen LogP contribution in [-0.2, 0) is 0 Å². The van der Waals surface area contributed by atoms with Crippen molar-refractivity contribution >= 4 is 27.1 Å². The molecule has 4 rings (SSSR count). The summed E-state index contributed by atoms with van der Waals surface area (Å²) in [4.78, 5) is 0. The Morgan fingerprint density at radius 3 is 2.42 bits per heavy atom. The van der Waals surface area contributed by atoms with Gasteiger partial charge in [-0.3, -0.25) is 0 Å². The van der Waals surface area contributed by atoms with Gasteiger partial charge in [0.05, 0.1) is 25.0 Å². The van der Waals surface area contributed by atoms with E-state index in [-0.39, 0.29) is 22.7 Å². The fraction of sp³-hybridized carbons (Fsp3) is 0.105. The van der Waals surface area contributed by atoms with Gasteiger partial charge in [0.1, 0.15) is 5.75 Å². The van der Waals surface area contributed by atoms with Gasteiger partial charge in [0.2, 0.25) is 5.52 Å². The van der Waals surface area contributed by atoms with Gasteiger partial charge in [-0.15, -0.1) is 0 Å². The Labute approximate surface area is 149 Å². The molecule has 0 atom stereocenters. The van der Waals surface area contributed by atoms with E-state index in [1.54, 1.807) is 20.3 Å². The van der Waals surface area contributed by atoms with E-state index in [2.05, 4.69) is 6.07 Å². The first kappa shape index (κ1) is 16.3. The van der Waals surface area contributed by atoms with Gasteiger partial charge in [-0.2, -0.15) is 4.40 Å². The minimum atomic E-state index is 0. The molecule has 0 aliphatic rings. The van der Waals surface area contributed by atoms with Crippen molar-refractivity contribution in [3.05, 3.63) is 54.9 Å². The summed E-state index contributed by atoms with van der Waals surface area (Å²) < 4.78 is 12.5. The number of nitrogens with zero attached hydrogens (tertiary/aromatic N) is 1. The molecule has 4 aromatic rings. The molecule has 2 aromatic heterocycles. The molecule has 0 bridgehead atoms. The summed E-state index contributed by atoms with van der Waals surface area (Å²) in [6, 6.07) is 13.9. The average Bonchev–Trinajstić information content (AvgIpc) is 2.60. The molecular formula is C19H16BrNO3. The number of aromatic nitrogens is 1.